The van der Waals surface area contributed by atoms with Gasteiger partial charge in [0.25, 0.3) is 0 Å². The van der Waals surface area contributed by atoms with Crippen molar-refractivity contribution in [3.05, 3.63) is 89.5 Å². The van der Waals surface area contributed by atoms with Crippen molar-refractivity contribution in [2.75, 3.05) is 0 Å². The van der Waals surface area contributed by atoms with Gasteiger partial charge in [0.05, 0.1) is 0 Å². The van der Waals surface area contributed by atoms with Gasteiger partial charge in [-0.05, 0) is 108 Å². The van der Waals surface area contributed by atoms with Crippen LogP contribution in [0.15, 0.2) is 78.4 Å². The maximum absolute atomic E-state index is 11.6. The molecule has 2 aromatic carbocycles. The van der Waals surface area contributed by atoms with Crippen molar-refractivity contribution in [2.24, 2.45) is 40.4 Å². The lowest BCUT2D eigenvalue weighted by Crippen LogP contribution is -2.51. The van der Waals surface area contributed by atoms with E-state index in [1.165, 1.54) is 55.2 Å². The molecule has 0 bridgehead atoms. The summed E-state index contributed by atoms with van der Waals surface area (Å²) in [5.41, 5.74) is 6.35. The lowest BCUT2D eigenvalue weighted by Gasteiger charge is -2.58. The highest BCUT2D eigenvalue weighted by atomic mass is 16.5. The molecule has 2 heteroatoms. The van der Waals surface area contributed by atoms with Gasteiger partial charge in [0.2, 0.25) is 0 Å². The van der Waals surface area contributed by atoms with Gasteiger partial charge in [-0.2, -0.15) is 0 Å². The van der Waals surface area contributed by atoms with Crippen LogP contribution in [0.4, 0.5) is 0 Å². The number of esters is 1. The van der Waals surface area contributed by atoms with Gasteiger partial charge in [-0.25, -0.2) is 0 Å². The van der Waals surface area contributed by atoms with Crippen molar-refractivity contribution in [1.29, 1.82) is 0 Å². The number of carbonyl (C=O) groups excluding carboxylic acids is 1. The summed E-state index contributed by atoms with van der Waals surface area (Å²) in [7, 11) is 0. The number of allylic oxidation sites excluding steroid dienone is 2. The molecule has 0 spiro atoms. The summed E-state index contributed by atoms with van der Waals surface area (Å²) in [5, 5.41) is 0. The molecule has 0 aromatic heterocycles. The largest absolute Gasteiger partial charge is 0.462 e. The van der Waals surface area contributed by atoms with Crippen LogP contribution in [-0.4, -0.2) is 12.1 Å². The summed E-state index contributed by atoms with van der Waals surface area (Å²) in [6, 6.07) is 21.9. The summed E-state index contributed by atoms with van der Waals surface area (Å²) in [6.07, 6.45) is 16.3. The normalized spacial score (nSPS) is 35.4. The molecular formula is C38H48O2. The van der Waals surface area contributed by atoms with E-state index in [0.717, 1.165) is 42.9 Å². The quantitative estimate of drug-likeness (QED) is 0.271. The first-order valence-electron chi connectivity index (χ1n) is 16.0. The van der Waals surface area contributed by atoms with Gasteiger partial charge in [-0.3, -0.25) is 4.79 Å². The lowest BCUT2D eigenvalue weighted by molar-refractivity contribution is -0.148. The third-order valence-corrected chi connectivity index (χ3v) is 12.0. The van der Waals surface area contributed by atoms with Crippen LogP contribution in [0.5, 0.6) is 0 Å². The first kappa shape index (κ1) is 27.6. The van der Waals surface area contributed by atoms with Crippen molar-refractivity contribution in [1.82, 2.24) is 0 Å². The summed E-state index contributed by atoms with van der Waals surface area (Å²) >= 11 is 0. The van der Waals surface area contributed by atoms with Crippen molar-refractivity contribution in [3.63, 3.8) is 0 Å². The Bertz CT molecular complexity index is 1220. The maximum atomic E-state index is 11.6. The molecule has 2 nitrogen and oxygen atoms in total. The van der Waals surface area contributed by atoms with Crippen LogP contribution in [0.2, 0.25) is 0 Å². The van der Waals surface area contributed by atoms with E-state index in [1.54, 1.807) is 12.5 Å². The van der Waals surface area contributed by atoms with E-state index in [2.05, 4.69) is 93.6 Å². The molecule has 4 aliphatic carbocycles. The molecule has 212 valence electrons. The highest BCUT2D eigenvalue weighted by Crippen LogP contribution is 2.67. The number of fused-ring (bicyclic) bond motifs is 5. The van der Waals surface area contributed by atoms with E-state index in [1.807, 2.05) is 0 Å². The Hall–Kier alpha value is -2.61. The van der Waals surface area contributed by atoms with Crippen LogP contribution < -0.4 is 0 Å². The Kier molecular flexibility index (Phi) is 7.57. The predicted molar refractivity (Wildman–Crippen MR) is 164 cm³/mol. The average molecular weight is 537 g/mol. The molecule has 4 aliphatic rings. The van der Waals surface area contributed by atoms with Gasteiger partial charge in [0.15, 0.2) is 0 Å². The SMILES string of the molecule is CC(=O)O[C@H]1CC[C@@]2(C)C(=CC[C@@H]3[C@H]4CC[C@H]([C@H](C)CC=C(c5ccccc5)c5ccccc5)[C@@]4(C)CC[C@@H]32)C1. The topological polar surface area (TPSA) is 26.3 Å². The van der Waals surface area contributed by atoms with Gasteiger partial charge in [-0.1, -0.05) is 99.2 Å². The van der Waals surface area contributed by atoms with Crippen molar-refractivity contribution < 1.29 is 9.53 Å². The first-order chi connectivity index (χ1) is 19.3. The molecule has 0 amide bonds. The van der Waals surface area contributed by atoms with Gasteiger partial charge >= 0.3 is 5.97 Å². The van der Waals surface area contributed by atoms with Gasteiger partial charge in [0.1, 0.15) is 6.10 Å². The Labute approximate surface area is 242 Å². The zero-order valence-electron chi connectivity index (χ0n) is 25.1. The minimum Gasteiger partial charge on any atom is -0.462 e. The fourth-order valence-corrected chi connectivity index (χ4v) is 10.0. The summed E-state index contributed by atoms with van der Waals surface area (Å²) in [5.74, 6) is 3.79. The molecule has 0 heterocycles. The second kappa shape index (κ2) is 11.0. The van der Waals surface area contributed by atoms with E-state index in [-0.39, 0.29) is 12.1 Å². The van der Waals surface area contributed by atoms with E-state index in [9.17, 15) is 4.79 Å². The molecule has 8 atom stereocenters. The molecule has 40 heavy (non-hydrogen) atoms. The molecule has 3 fully saturated rings. The monoisotopic (exact) mass is 536 g/mol. The maximum Gasteiger partial charge on any atom is 0.302 e. The minimum absolute atomic E-state index is 0.0867. The zero-order valence-corrected chi connectivity index (χ0v) is 25.1. The molecule has 0 radical (unpaired) electrons. The van der Waals surface area contributed by atoms with Gasteiger partial charge < -0.3 is 4.74 Å². The van der Waals surface area contributed by atoms with Crippen molar-refractivity contribution in [2.45, 2.75) is 91.6 Å². The average Bonchev–Trinajstić information content (AvgIpc) is 3.31. The summed E-state index contributed by atoms with van der Waals surface area (Å²) in [4.78, 5) is 11.6. The number of hydrogen-bond donors (Lipinski definition) is 0. The Morgan fingerprint density at radius 1 is 0.925 bits per heavy atom. The molecule has 6 rings (SSSR count). The number of hydrogen-bond acceptors (Lipinski definition) is 2. The predicted octanol–water partition coefficient (Wildman–Crippen LogP) is 9.66. The van der Waals surface area contributed by atoms with Crippen LogP contribution in [0.25, 0.3) is 5.57 Å². The highest BCUT2D eigenvalue weighted by molar-refractivity contribution is 5.79. The van der Waals surface area contributed by atoms with E-state index in [0.29, 0.717) is 16.7 Å². The van der Waals surface area contributed by atoms with Gasteiger partial charge in [0, 0.05) is 13.3 Å². The number of benzene rings is 2. The Balaban J connectivity index is 1.20. The summed E-state index contributed by atoms with van der Waals surface area (Å²) in [6.45, 7) is 9.31. The van der Waals surface area contributed by atoms with E-state index < -0.39 is 0 Å². The Morgan fingerprint density at radius 2 is 1.60 bits per heavy atom. The first-order valence-corrected chi connectivity index (χ1v) is 16.0. The molecule has 3 saturated carbocycles. The van der Waals surface area contributed by atoms with Crippen LogP contribution in [-0.2, 0) is 9.53 Å². The minimum atomic E-state index is -0.128. The molecule has 0 aliphatic heterocycles. The summed E-state index contributed by atoms with van der Waals surface area (Å²) < 4.78 is 5.66. The second-order valence-electron chi connectivity index (χ2n) is 14.0. The zero-order chi connectivity index (χ0) is 27.9. The van der Waals surface area contributed by atoms with Crippen molar-refractivity contribution in [3.8, 4) is 0 Å². The lowest BCUT2D eigenvalue weighted by atomic mass is 9.47. The highest BCUT2D eigenvalue weighted by Gasteiger charge is 2.59. The molecule has 0 unspecified atom stereocenters. The molecule has 0 N–H and O–H groups in total. The second-order valence-corrected chi connectivity index (χ2v) is 14.0. The third kappa shape index (κ3) is 4.90. The Morgan fingerprint density at radius 3 is 2.25 bits per heavy atom. The van der Waals surface area contributed by atoms with Gasteiger partial charge in [-0.15, -0.1) is 0 Å². The third-order valence-electron chi connectivity index (χ3n) is 12.0. The fourth-order valence-electron chi connectivity index (χ4n) is 10.0. The molecule has 0 saturated heterocycles. The fraction of sp³-hybridized carbons (Fsp3) is 0.553. The van der Waals surface area contributed by atoms with Crippen LogP contribution >= 0.6 is 0 Å². The molecule has 2 aromatic rings. The van der Waals surface area contributed by atoms with Crippen LogP contribution in [0.3, 0.4) is 0 Å². The van der Waals surface area contributed by atoms with E-state index in [4.69, 9.17) is 4.74 Å². The standard InChI is InChI=1S/C38H48O2/c1-26(15-17-32(28-11-7-5-8-12-28)29-13-9-6-10-14-29)34-19-20-35-33-18-16-30-25-31(40-27(2)39)21-23-37(30,3)36(33)22-24-38(34,35)4/h5-14,16-17,26,31,33-36H,15,18-25H2,1-4H3/t26-,31+,33-,34-,35-,36+,37+,38-/m1/s1. The molecular weight excluding hydrogens is 488 g/mol. The number of rotatable bonds is 6. The number of carbonyl (C=O) groups is 1. The van der Waals surface area contributed by atoms with E-state index >= 15 is 0 Å². The number of ether oxygens (including phenoxy) is 1. The smallest absolute Gasteiger partial charge is 0.302 e. The van der Waals surface area contributed by atoms with Crippen LogP contribution in [0, 0.1) is 40.4 Å². The van der Waals surface area contributed by atoms with Crippen LogP contribution in [0.1, 0.15) is 96.6 Å². The van der Waals surface area contributed by atoms with Crippen molar-refractivity contribution >= 4 is 11.5 Å².